The molecule has 0 amide bonds. The van der Waals surface area contributed by atoms with Crippen molar-refractivity contribution in [1.29, 1.82) is 0 Å². The number of ether oxygens (including phenoxy) is 4. The molecule has 5 rings (SSSR count). The Labute approximate surface area is 325 Å². The van der Waals surface area contributed by atoms with Crippen LogP contribution in [0.5, 0.6) is 11.5 Å². The molecular formula is C40H50F3N4O8P. The predicted molar refractivity (Wildman–Crippen MR) is 207 cm³/mol. The molecule has 0 saturated carbocycles. The fraction of sp³-hybridized carbons (Fsp3) is 0.450. The quantitative estimate of drug-likeness (QED) is 0.0617. The Balaban J connectivity index is 1.63. The van der Waals surface area contributed by atoms with Gasteiger partial charge in [0.2, 0.25) is 0 Å². The van der Waals surface area contributed by atoms with Crippen LogP contribution in [0.25, 0.3) is 0 Å². The summed E-state index contributed by atoms with van der Waals surface area (Å²) in [4.78, 5) is 27.1. The van der Waals surface area contributed by atoms with Crippen LogP contribution in [0, 0.1) is 0 Å². The van der Waals surface area contributed by atoms with E-state index in [1.54, 1.807) is 19.2 Å². The third-order valence-corrected chi connectivity index (χ3v) is 11.6. The summed E-state index contributed by atoms with van der Waals surface area (Å²) in [5.41, 5.74) is 2.64. The van der Waals surface area contributed by atoms with Crippen LogP contribution in [-0.4, -0.2) is 72.5 Å². The number of rotatable bonds is 18. The smallest absolute Gasteiger partial charge is 0.423 e. The van der Waals surface area contributed by atoms with Crippen LogP contribution >= 0.6 is 8.53 Å². The molecule has 4 unspecified atom stereocenters. The van der Waals surface area contributed by atoms with Crippen molar-refractivity contribution < 1.29 is 41.2 Å². The third-order valence-electron chi connectivity index (χ3n) is 9.42. The molecule has 56 heavy (non-hydrogen) atoms. The molecule has 1 fully saturated rings. The Morgan fingerprint density at radius 3 is 1.95 bits per heavy atom. The summed E-state index contributed by atoms with van der Waals surface area (Å²) >= 11 is 0. The van der Waals surface area contributed by atoms with E-state index in [2.05, 4.69) is 4.67 Å². The molecule has 1 aromatic heterocycles. The lowest BCUT2D eigenvalue weighted by atomic mass is 9.80. The second-order valence-electron chi connectivity index (χ2n) is 13.8. The minimum absolute atomic E-state index is 0.0150. The number of nitrogens with zero attached hydrogens (tertiary/aromatic N) is 2. The van der Waals surface area contributed by atoms with Gasteiger partial charge in [0.05, 0.1) is 33.5 Å². The van der Waals surface area contributed by atoms with Crippen molar-refractivity contribution in [2.75, 3.05) is 34.0 Å². The van der Waals surface area contributed by atoms with E-state index >= 15 is 0 Å². The fourth-order valence-electron chi connectivity index (χ4n) is 6.78. The van der Waals surface area contributed by atoms with E-state index in [4.69, 9.17) is 33.7 Å². The average Bonchev–Trinajstić information content (AvgIpc) is 3.57. The van der Waals surface area contributed by atoms with E-state index in [1.807, 2.05) is 107 Å². The lowest BCUT2D eigenvalue weighted by Crippen LogP contribution is -2.40. The average molecular weight is 803 g/mol. The number of halogens is 3. The monoisotopic (exact) mass is 802 g/mol. The van der Waals surface area contributed by atoms with Gasteiger partial charge < -0.3 is 33.7 Å². The second kappa shape index (κ2) is 18.9. The van der Waals surface area contributed by atoms with E-state index in [-0.39, 0.29) is 25.1 Å². The van der Waals surface area contributed by atoms with Crippen molar-refractivity contribution in [1.82, 2.24) is 14.2 Å². The zero-order valence-corrected chi connectivity index (χ0v) is 33.2. The van der Waals surface area contributed by atoms with Crippen LogP contribution in [0.15, 0.2) is 94.6 Å². The maximum absolute atomic E-state index is 13.9. The Kier molecular flexibility index (Phi) is 14.5. The van der Waals surface area contributed by atoms with E-state index in [9.17, 15) is 22.8 Å². The molecule has 1 aliphatic rings. The number of aromatic nitrogens is 2. The highest BCUT2D eigenvalue weighted by atomic mass is 31.2. The van der Waals surface area contributed by atoms with Crippen molar-refractivity contribution in [3.05, 3.63) is 128 Å². The van der Waals surface area contributed by atoms with Crippen LogP contribution in [0.3, 0.4) is 0 Å². The number of hydrogen-bond acceptors (Lipinski definition) is 10. The number of aromatic amines is 1. The van der Waals surface area contributed by atoms with Gasteiger partial charge in [-0.25, -0.2) is 9.46 Å². The van der Waals surface area contributed by atoms with Gasteiger partial charge in [-0.2, -0.15) is 13.2 Å². The van der Waals surface area contributed by atoms with Gasteiger partial charge in [0.15, 0.2) is 0 Å². The number of hydrogen-bond donors (Lipinski definition) is 2. The summed E-state index contributed by atoms with van der Waals surface area (Å²) in [7, 11) is 1.38. The van der Waals surface area contributed by atoms with Gasteiger partial charge in [-0.1, -0.05) is 54.6 Å². The van der Waals surface area contributed by atoms with Crippen LogP contribution in [-0.2, 0) is 30.3 Å². The second-order valence-corrected chi connectivity index (χ2v) is 15.2. The summed E-state index contributed by atoms with van der Waals surface area (Å²) in [6.07, 6.45) is -7.09. The first-order chi connectivity index (χ1) is 26.7. The van der Waals surface area contributed by atoms with Crippen LogP contribution in [0.2, 0.25) is 0 Å². The van der Waals surface area contributed by atoms with E-state index in [0.717, 1.165) is 21.3 Å². The van der Waals surface area contributed by atoms with Gasteiger partial charge in [-0.05, 0) is 81.6 Å². The Morgan fingerprint density at radius 1 is 0.893 bits per heavy atom. The lowest BCUT2D eigenvalue weighted by Gasteiger charge is -2.39. The number of nitrogens with one attached hydrogen (secondary N) is 1. The standard InChI is InChI=1S/C40H50F3N4O8P/c1-26(2)47(27(3)4)56(53-22-10-21-44)55-34-23-36(46-24-33(40(41,42)43)37(48)45-38(46)49)54-35(34)25-52-39(28-11-8-7-9-12-28,29-13-17-31(50-5)18-14-29)30-15-19-32(51-6)20-16-30/h7-9,11-20,24,26-27,34-36H,10,21-23,25,44H2,1-6H3,(H,45,48,49). The summed E-state index contributed by atoms with van der Waals surface area (Å²) in [5.74, 6) is 1.27. The normalized spacial score (nSPS) is 18.2. The van der Waals surface area contributed by atoms with Crippen molar-refractivity contribution in [3.63, 3.8) is 0 Å². The van der Waals surface area contributed by atoms with Crippen LogP contribution < -0.4 is 26.5 Å². The number of nitrogens with two attached hydrogens (primary N) is 1. The number of methoxy groups -OCH3 is 2. The van der Waals surface area contributed by atoms with Crippen LogP contribution in [0.4, 0.5) is 13.2 Å². The van der Waals surface area contributed by atoms with Crippen molar-refractivity contribution in [3.8, 4) is 11.5 Å². The predicted octanol–water partition coefficient (Wildman–Crippen LogP) is 6.97. The molecule has 3 N–H and O–H groups in total. The summed E-state index contributed by atoms with van der Waals surface area (Å²) < 4.78 is 82.2. The first kappa shape index (κ1) is 43.1. The molecule has 0 spiro atoms. The van der Waals surface area contributed by atoms with Crippen molar-refractivity contribution in [2.45, 2.75) is 82.8 Å². The maximum atomic E-state index is 13.9. The lowest BCUT2D eigenvalue weighted by molar-refractivity contribution is -0.139. The molecule has 1 saturated heterocycles. The van der Waals surface area contributed by atoms with Crippen LogP contribution in [0.1, 0.15) is 69.0 Å². The maximum Gasteiger partial charge on any atom is 0.423 e. The minimum Gasteiger partial charge on any atom is -0.497 e. The Hall–Kier alpha value is -4.08. The first-order valence-electron chi connectivity index (χ1n) is 18.4. The molecular weight excluding hydrogens is 752 g/mol. The molecule has 3 aromatic carbocycles. The molecule has 2 heterocycles. The highest BCUT2D eigenvalue weighted by Gasteiger charge is 2.46. The molecule has 1 aliphatic heterocycles. The third kappa shape index (κ3) is 9.71. The summed E-state index contributed by atoms with van der Waals surface area (Å²) in [6, 6.07) is 24.4. The van der Waals surface area contributed by atoms with Gasteiger partial charge in [0, 0.05) is 24.7 Å². The SMILES string of the molecule is COc1ccc(C(OCC2OC(n3cc(C(F)(F)F)c(=O)[nH]c3=O)CC2OP(OCCCN)N(C(C)C)C(C)C)(c2ccccc2)c2ccc(OC)cc2)cc1. The molecule has 0 bridgehead atoms. The first-order valence-corrected chi connectivity index (χ1v) is 19.5. The molecule has 4 atom stereocenters. The molecule has 4 aromatic rings. The number of H-pyrrole nitrogens is 1. The Bertz CT molecular complexity index is 1900. The van der Waals surface area contributed by atoms with Gasteiger partial charge >= 0.3 is 11.9 Å². The topological polar surface area (TPSA) is 140 Å². The zero-order valence-electron chi connectivity index (χ0n) is 32.3. The molecule has 304 valence electrons. The molecule has 16 heteroatoms. The summed E-state index contributed by atoms with van der Waals surface area (Å²) in [6.45, 7) is 8.58. The van der Waals surface area contributed by atoms with E-state index in [1.165, 1.54) is 0 Å². The number of benzene rings is 3. The van der Waals surface area contributed by atoms with E-state index in [0.29, 0.717) is 37.3 Å². The van der Waals surface area contributed by atoms with Gasteiger partial charge in [0.1, 0.15) is 35.0 Å². The highest BCUT2D eigenvalue weighted by Crippen LogP contribution is 2.51. The Morgan fingerprint density at radius 2 is 1.45 bits per heavy atom. The minimum atomic E-state index is -5.02. The highest BCUT2D eigenvalue weighted by molar-refractivity contribution is 7.44. The van der Waals surface area contributed by atoms with Crippen molar-refractivity contribution >= 4 is 8.53 Å². The van der Waals surface area contributed by atoms with Gasteiger partial charge in [-0.15, -0.1) is 0 Å². The molecule has 0 radical (unpaired) electrons. The van der Waals surface area contributed by atoms with E-state index < -0.39 is 55.6 Å². The summed E-state index contributed by atoms with van der Waals surface area (Å²) in [5, 5.41) is 0. The molecule has 12 nitrogen and oxygen atoms in total. The fourth-order valence-corrected chi connectivity index (χ4v) is 8.58. The molecule has 0 aliphatic carbocycles. The van der Waals surface area contributed by atoms with Gasteiger partial charge in [-0.3, -0.25) is 14.3 Å². The van der Waals surface area contributed by atoms with Crippen molar-refractivity contribution in [2.24, 2.45) is 5.73 Å². The zero-order chi connectivity index (χ0) is 40.6. The van der Waals surface area contributed by atoms with Gasteiger partial charge in [0.25, 0.3) is 14.1 Å². The largest absolute Gasteiger partial charge is 0.497 e. The number of alkyl halides is 3.